The van der Waals surface area contributed by atoms with Crippen LogP contribution in [-0.4, -0.2) is 214 Å². The Morgan fingerprint density at radius 1 is 0.322 bits per heavy atom. The van der Waals surface area contributed by atoms with E-state index < -0.39 is 37.6 Å². The van der Waals surface area contributed by atoms with E-state index in [-0.39, 0.29) is 95.9 Å². The van der Waals surface area contributed by atoms with Gasteiger partial charge in [0.2, 0.25) is 10.0 Å². The third kappa shape index (κ3) is 27.9. The van der Waals surface area contributed by atoms with Crippen LogP contribution in [0.5, 0.6) is 0 Å². The van der Waals surface area contributed by atoms with E-state index in [4.69, 9.17) is 19.2 Å². The summed E-state index contributed by atoms with van der Waals surface area (Å²) in [6, 6.07) is 65.9. The highest BCUT2D eigenvalue weighted by Gasteiger charge is 2.47. The molecule has 10 aliphatic rings. The zero-order chi connectivity index (χ0) is 106. The molecule has 149 heavy (non-hydrogen) atoms. The van der Waals surface area contributed by atoms with E-state index in [0.717, 1.165) is 173 Å². The number of amides is 1. The molecule has 10 aliphatic heterocycles. The number of hydrogen-bond acceptors (Lipinski definition) is 26. The fourth-order valence-electron chi connectivity index (χ4n) is 19.7. The molecule has 10 aromatic rings. The average Bonchev–Trinajstić information content (AvgIpc) is 1.63. The molecule has 0 radical (unpaired) electrons. The molecule has 0 saturated carbocycles. The maximum absolute atomic E-state index is 13.1. The van der Waals surface area contributed by atoms with Crippen molar-refractivity contribution in [3.8, 4) is 0 Å². The van der Waals surface area contributed by atoms with Gasteiger partial charge in [0.15, 0.2) is 28.9 Å². The Kier molecular flexibility index (Phi) is 37.3. The van der Waals surface area contributed by atoms with Crippen LogP contribution in [0.1, 0.15) is 236 Å². The molecule has 38 heteroatoms. The summed E-state index contributed by atoms with van der Waals surface area (Å²) >= 11 is 0. The topological polar surface area (TPSA) is 396 Å². The molecule has 3 N–H and O–H groups in total. The first-order valence-corrected chi connectivity index (χ1v) is 53.0. The van der Waals surface area contributed by atoms with Gasteiger partial charge in [0.1, 0.15) is 38.4 Å². The molecule has 30 nitrogen and oxygen atoms in total. The maximum Gasteiger partial charge on any atom is 0.516 e. The number of halogens is 6. The summed E-state index contributed by atoms with van der Waals surface area (Å²) in [4.78, 5) is 149. The number of anilines is 8. The summed E-state index contributed by atoms with van der Waals surface area (Å²) in [7, 11) is -9.04. The smallest absolute Gasteiger partial charge is 0.372 e. The molecule has 10 heterocycles. The highest BCUT2D eigenvalue weighted by molar-refractivity contribution is 7.93. The summed E-state index contributed by atoms with van der Waals surface area (Å²) in [6.45, 7) is 8.83. The van der Waals surface area contributed by atoms with E-state index in [0.29, 0.717) is 116 Å². The fourth-order valence-corrected chi connectivity index (χ4v) is 20.9. The van der Waals surface area contributed by atoms with Crippen molar-refractivity contribution in [3.05, 3.63) is 312 Å². The number of aliphatic imine (C=N–C) groups is 5. The number of carbonyl (C=O) groups excluding carboxylic acids is 10. The minimum atomic E-state index is -5.61. The van der Waals surface area contributed by atoms with Gasteiger partial charge in [0.05, 0.1) is 73.9 Å². The number of carbonyl (C=O) groups is 6. The Morgan fingerprint density at radius 3 is 0.832 bits per heavy atom. The lowest BCUT2D eigenvalue weighted by atomic mass is 9.92. The zero-order valence-corrected chi connectivity index (χ0v) is 83.7. The van der Waals surface area contributed by atoms with Crippen LogP contribution in [0.4, 0.5) is 77.5 Å². The highest BCUT2D eigenvalue weighted by atomic mass is 32.2. The van der Waals surface area contributed by atoms with E-state index in [1.54, 1.807) is 89.7 Å². The van der Waals surface area contributed by atoms with Crippen molar-refractivity contribution in [2.75, 3.05) is 144 Å². The lowest BCUT2D eigenvalue weighted by molar-refractivity contribution is -0.384. The molecule has 776 valence electrons. The molecule has 0 spiro atoms. The molecule has 1 amide bonds. The second kappa shape index (κ2) is 50.8. The lowest BCUT2D eigenvalue weighted by Crippen LogP contribution is -2.32. The molecule has 0 unspecified atom stereocenters. The number of sulfonamides is 2. The van der Waals surface area contributed by atoms with Gasteiger partial charge in [0.25, 0.3) is 5.69 Å². The molecule has 5 fully saturated rings. The van der Waals surface area contributed by atoms with Crippen molar-refractivity contribution in [1.29, 1.82) is 0 Å². The molecular formula is C111H112F6N14O16S2. The highest BCUT2D eigenvalue weighted by Crippen LogP contribution is 2.41. The number of fused-ring (bicyclic) bond motifs is 5. The first kappa shape index (κ1) is 109. The van der Waals surface area contributed by atoms with E-state index in [1.165, 1.54) is 69.2 Å². The van der Waals surface area contributed by atoms with Crippen LogP contribution in [0.25, 0.3) is 0 Å². The largest absolute Gasteiger partial charge is 0.516 e. The molecule has 10 aromatic carbocycles. The number of benzene rings is 10. The SMILES string of the molecule is CS(=O)(=O)Nc1cc(C2=NCC(=O)c3ccccc32)ccc1N1CCCCCC1.O=C1CN=C(c2ccc(N3CCCCCC3)c(NC(=O)C(F)(F)F)c2)c2ccccc21.O=C1CN=C(c2ccc(N3CCCCCC3)c(NS(=O)(=O)C(F)(F)F)c2)c2ccccc21.O=C1CN=C(c2ccc(N3CCCCCC3)c([N+](=O)[O-])c2)c2ccccc21.O=C1CN=C(c2ccc(N3CCCCCC3)cc2)c2ccccc21.O=C=O.O=C=O. The number of nitro benzene ring substituents is 1. The summed E-state index contributed by atoms with van der Waals surface area (Å²) in [5, 5.41) is 13.8. The number of nitrogens with zero attached hydrogens (tertiary/aromatic N) is 11. The number of ketones is 5. The predicted molar refractivity (Wildman–Crippen MR) is 560 cm³/mol. The summed E-state index contributed by atoms with van der Waals surface area (Å²) in [5.74, 6) is -2.18. The van der Waals surface area contributed by atoms with Gasteiger partial charge in [-0.3, -0.25) is 73.3 Å². The van der Waals surface area contributed by atoms with Gasteiger partial charge in [-0.15, -0.1) is 0 Å². The second-order valence-corrected chi connectivity index (χ2v) is 40.3. The van der Waals surface area contributed by atoms with E-state index in [2.05, 4.69) is 74.0 Å². The Morgan fingerprint density at radius 2 is 0.557 bits per heavy atom. The van der Waals surface area contributed by atoms with E-state index in [9.17, 15) is 82.1 Å². The van der Waals surface area contributed by atoms with E-state index in [1.807, 2.05) is 107 Å². The summed E-state index contributed by atoms with van der Waals surface area (Å²) in [5.41, 5.74) is 12.6. The molecule has 0 aliphatic carbocycles. The van der Waals surface area contributed by atoms with Crippen LogP contribution in [0.2, 0.25) is 0 Å². The van der Waals surface area contributed by atoms with E-state index >= 15 is 0 Å². The predicted octanol–water partition coefficient (Wildman–Crippen LogP) is 19.4. The molecule has 5 saturated heterocycles. The summed E-state index contributed by atoms with van der Waals surface area (Å²) < 4.78 is 131. The second-order valence-electron chi connectivity index (χ2n) is 36.9. The first-order valence-electron chi connectivity index (χ1n) is 49.6. The van der Waals surface area contributed by atoms with Crippen LogP contribution in [0, 0.1) is 10.1 Å². The zero-order valence-electron chi connectivity index (χ0n) is 82.1. The normalized spacial score (nSPS) is 16.7. The van der Waals surface area contributed by atoms with Crippen molar-refractivity contribution in [1.82, 2.24) is 0 Å². The quantitative estimate of drug-likeness (QED) is 0.0459. The Bertz CT molecular complexity index is 7090. The average molecular weight is 2080 g/mol. The van der Waals surface area contributed by atoms with Crippen molar-refractivity contribution >= 4 is 147 Å². The maximum atomic E-state index is 13.1. The van der Waals surface area contributed by atoms with Crippen LogP contribution in [-0.2, 0) is 44.0 Å². The molecule has 0 aromatic heterocycles. The van der Waals surface area contributed by atoms with Gasteiger partial charge in [-0.1, -0.05) is 222 Å². The Labute approximate surface area is 858 Å². The molecular weight excluding hydrogens is 1960 g/mol. The molecule has 0 atom stereocenters. The van der Waals surface area contributed by atoms with Gasteiger partial charge < -0.3 is 29.8 Å². The third-order valence-electron chi connectivity index (χ3n) is 26.8. The minimum Gasteiger partial charge on any atom is -0.372 e. The number of nitro groups is 1. The summed E-state index contributed by atoms with van der Waals surface area (Å²) in [6.07, 6.45) is 18.8. The van der Waals surface area contributed by atoms with Crippen LogP contribution < -0.4 is 39.3 Å². The van der Waals surface area contributed by atoms with Gasteiger partial charge in [0, 0.05) is 161 Å². The molecule has 0 bridgehead atoms. The molecule has 20 rings (SSSR count). The van der Waals surface area contributed by atoms with Gasteiger partial charge in [-0.25, -0.2) is 8.42 Å². The number of alkyl halides is 6. The number of hydrogen-bond donors (Lipinski definition) is 3. The van der Waals surface area contributed by atoms with Crippen molar-refractivity contribution in [2.45, 2.75) is 140 Å². The number of Topliss-reactive ketones (excluding diaryl/α,β-unsaturated/α-hetero) is 5. The number of nitrogens with one attached hydrogen (secondary N) is 3. The Hall–Kier alpha value is -15.4. The van der Waals surface area contributed by atoms with Crippen molar-refractivity contribution < 1.29 is 96.0 Å². The van der Waals surface area contributed by atoms with Gasteiger partial charge in [-0.05, 0) is 119 Å². The van der Waals surface area contributed by atoms with Crippen LogP contribution >= 0.6 is 0 Å². The van der Waals surface area contributed by atoms with Gasteiger partial charge in [-0.2, -0.15) is 53.9 Å². The standard InChI is InChI=1S/C23H22F3N3O2.C22H22F3N3O3S.C22H25N3O3S.C21H21N3O3.C21H22N2O.2CO2/c24-23(25,26)22(31)28-18-13-15(9-10-19(18)29-11-5-1-2-6-12-29)21-17-8-4-3-7-16(17)20(30)14-27-21;23-22(24,25)32(30,31)27-18-13-15(9-10-19(18)28-11-5-1-2-6-12-28)21-17-8-4-3-7-16(17)20(29)14-26-21;1-29(27,28)24-19-14-16(10-11-20(19)25-12-6-2-3-7-13-25)22-18-9-5-4-8-17(18)21(26)15-23-22;25-20-14-22-21(17-8-4-3-7-16(17)20)15-9-10-18(19(13-15)24(26)27)23-11-5-1-2-6-12-23;24-20-15-22-21(19-8-4-3-7-18(19)20)16-9-11-17(12-10-16)23-13-5-1-2-6-14-23;2*2-1-3/h3-4,7-10,13H,1-2,5-6,11-12,14H2,(H,28,31);3-4,7-10,13,27H,1-2,5-6,11-12,14H2;4-5,8-11,14,24H,2-3,6-7,12-13,15H2,1H3;3-4,7-10,13H,1-2,5-6,11-12,14H2;3-4,7-12H,1-2,5-6,13-15H2;;. The first-order chi connectivity index (χ1) is 71.7. The third-order valence-corrected chi connectivity index (χ3v) is 28.5. The minimum absolute atomic E-state index is 0.0000197. The lowest BCUT2D eigenvalue weighted by Gasteiger charge is -2.27. The van der Waals surface area contributed by atoms with Gasteiger partial charge >= 0.3 is 39.9 Å². The van der Waals surface area contributed by atoms with Crippen LogP contribution in [0.15, 0.2) is 243 Å². The van der Waals surface area contributed by atoms with Crippen molar-refractivity contribution in [3.63, 3.8) is 0 Å². The number of rotatable bonds is 16. The monoisotopic (exact) mass is 2070 g/mol. The van der Waals surface area contributed by atoms with Crippen LogP contribution in [0.3, 0.4) is 0 Å². The van der Waals surface area contributed by atoms with Crippen molar-refractivity contribution in [2.24, 2.45) is 25.0 Å². The fraction of sp³-hybridized carbons (Fsp3) is 0.342. The Balaban J connectivity index is 0.000000145.